The first-order valence-corrected chi connectivity index (χ1v) is 7.90. The first-order chi connectivity index (χ1) is 11.2. The molecule has 122 valence electrons. The number of amides is 1. The Bertz CT molecular complexity index is 597. The molecule has 2 N–H and O–H groups in total. The van der Waals surface area contributed by atoms with E-state index in [4.69, 9.17) is 10.5 Å². The van der Waals surface area contributed by atoms with E-state index in [2.05, 4.69) is 12.1 Å². The van der Waals surface area contributed by atoms with Crippen LogP contribution in [-0.2, 0) is 11.2 Å². The molecule has 0 saturated carbocycles. The highest BCUT2D eigenvalue weighted by Gasteiger charge is 2.13. The Morgan fingerprint density at radius 3 is 2.39 bits per heavy atom. The summed E-state index contributed by atoms with van der Waals surface area (Å²) in [6.45, 7) is 3.70. The number of nitrogens with two attached hydrogens (primary N) is 1. The molecular formula is C19H24N2O2. The van der Waals surface area contributed by atoms with Crippen molar-refractivity contribution in [2.45, 2.75) is 13.3 Å². The maximum Gasteiger partial charge on any atom is 0.260 e. The molecule has 1 amide bonds. The number of rotatable bonds is 8. The van der Waals surface area contributed by atoms with Crippen LogP contribution in [0.15, 0.2) is 54.6 Å². The number of carbonyl (C=O) groups is 1. The Balaban J connectivity index is 1.86. The quantitative estimate of drug-likeness (QED) is 0.814. The Morgan fingerprint density at radius 2 is 1.74 bits per heavy atom. The summed E-state index contributed by atoms with van der Waals surface area (Å²) in [5.74, 6) is 0.673. The fraction of sp³-hybridized carbons (Fsp3) is 0.316. The van der Waals surface area contributed by atoms with Gasteiger partial charge in [0.2, 0.25) is 0 Å². The Labute approximate surface area is 137 Å². The van der Waals surface area contributed by atoms with E-state index < -0.39 is 0 Å². The molecule has 2 aromatic carbocycles. The molecule has 0 aliphatic carbocycles. The molecule has 4 heteroatoms. The lowest BCUT2D eigenvalue weighted by Crippen LogP contribution is -2.39. The van der Waals surface area contributed by atoms with Gasteiger partial charge in [-0.15, -0.1) is 0 Å². The smallest absolute Gasteiger partial charge is 0.260 e. The van der Waals surface area contributed by atoms with Gasteiger partial charge >= 0.3 is 0 Å². The van der Waals surface area contributed by atoms with Crippen molar-refractivity contribution in [3.8, 4) is 5.75 Å². The van der Waals surface area contributed by atoms with Crippen LogP contribution in [0.25, 0.3) is 0 Å². The lowest BCUT2D eigenvalue weighted by molar-refractivity contribution is -0.133. The van der Waals surface area contributed by atoms with Gasteiger partial charge in [-0.05, 0) is 31.0 Å². The molecule has 2 rings (SSSR count). The fourth-order valence-corrected chi connectivity index (χ4v) is 2.30. The summed E-state index contributed by atoms with van der Waals surface area (Å²) in [4.78, 5) is 14.1. The van der Waals surface area contributed by atoms with Crippen LogP contribution in [-0.4, -0.2) is 37.0 Å². The van der Waals surface area contributed by atoms with E-state index in [0.717, 1.165) is 12.0 Å². The van der Waals surface area contributed by atoms with E-state index in [1.807, 2.05) is 49.4 Å². The normalized spacial score (nSPS) is 10.3. The van der Waals surface area contributed by atoms with Crippen molar-refractivity contribution in [2.75, 3.05) is 26.2 Å². The minimum atomic E-state index is -0.0352. The maximum absolute atomic E-state index is 12.3. The first-order valence-electron chi connectivity index (χ1n) is 7.90. The number of benzene rings is 2. The topological polar surface area (TPSA) is 55.6 Å². The van der Waals surface area contributed by atoms with E-state index in [0.29, 0.717) is 25.4 Å². The summed E-state index contributed by atoms with van der Waals surface area (Å²) in [7, 11) is 0. The molecule has 0 atom stereocenters. The van der Waals surface area contributed by atoms with Crippen LogP contribution >= 0.6 is 0 Å². The lowest BCUT2D eigenvalue weighted by atomic mass is 10.1. The number of hydrogen-bond acceptors (Lipinski definition) is 3. The molecule has 0 aromatic heterocycles. The summed E-state index contributed by atoms with van der Waals surface area (Å²) in [5.41, 5.74) is 8.00. The minimum absolute atomic E-state index is 0.0352. The molecule has 0 radical (unpaired) electrons. The summed E-state index contributed by atoms with van der Waals surface area (Å²) in [6, 6.07) is 17.8. The molecule has 23 heavy (non-hydrogen) atoms. The molecule has 0 spiro atoms. The van der Waals surface area contributed by atoms with Gasteiger partial charge in [0.05, 0.1) is 0 Å². The second kappa shape index (κ2) is 8.96. The molecule has 0 bridgehead atoms. The minimum Gasteiger partial charge on any atom is -0.484 e. The number of ether oxygens (including phenoxy) is 1. The van der Waals surface area contributed by atoms with Crippen molar-refractivity contribution >= 4 is 5.91 Å². The van der Waals surface area contributed by atoms with E-state index in [1.54, 1.807) is 4.90 Å². The standard InChI is InChI=1S/C19H24N2O2/c1-16-7-9-18(10-8-16)23-15-19(22)21(14-12-20)13-11-17-5-3-2-4-6-17/h2-10H,11-15,20H2,1H3. The molecule has 2 aromatic rings. The second-order valence-corrected chi connectivity index (χ2v) is 5.51. The van der Waals surface area contributed by atoms with E-state index >= 15 is 0 Å². The SMILES string of the molecule is Cc1ccc(OCC(=O)N(CCN)CCc2ccccc2)cc1. The van der Waals surface area contributed by atoms with E-state index in [9.17, 15) is 4.79 Å². The van der Waals surface area contributed by atoms with Crippen LogP contribution in [0.1, 0.15) is 11.1 Å². The van der Waals surface area contributed by atoms with Crippen molar-refractivity contribution in [2.24, 2.45) is 5.73 Å². The third-order valence-electron chi connectivity index (χ3n) is 3.65. The van der Waals surface area contributed by atoms with Crippen molar-refractivity contribution in [3.05, 3.63) is 65.7 Å². The number of aryl methyl sites for hydroxylation is 1. The summed E-state index contributed by atoms with van der Waals surface area (Å²) < 4.78 is 5.57. The summed E-state index contributed by atoms with van der Waals surface area (Å²) in [6.07, 6.45) is 0.817. The van der Waals surface area contributed by atoms with Crippen molar-refractivity contribution in [1.82, 2.24) is 4.90 Å². The predicted molar refractivity (Wildman–Crippen MR) is 92.5 cm³/mol. The zero-order chi connectivity index (χ0) is 16.5. The predicted octanol–water partition coefficient (Wildman–Crippen LogP) is 2.40. The summed E-state index contributed by atoms with van der Waals surface area (Å²) in [5, 5.41) is 0. The van der Waals surface area contributed by atoms with Gasteiger partial charge in [0.15, 0.2) is 6.61 Å². The van der Waals surface area contributed by atoms with E-state index in [1.165, 1.54) is 5.56 Å². The molecule has 0 saturated heterocycles. The van der Waals surface area contributed by atoms with E-state index in [-0.39, 0.29) is 12.5 Å². The van der Waals surface area contributed by atoms with Gasteiger partial charge in [-0.2, -0.15) is 0 Å². The van der Waals surface area contributed by atoms with Gasteiger partial charge in [-0.1, -0.05) is 48.0 Å². The molecule has 0 aliphatic heterocycles. The van der Waals surface area contributed by atoms with Crippen molar-refractivity contribution in [1.29, 1.82) is 0 Å². The van der Waals surface area contributed by atoms with Crippen LogP contribution in [0.5, 0.6) is 5.75 Å². The van der Waals surface area contributed by atoms with Crippen molar-refractivity contribution in [3.63, 3.8) is 0 Å². The van der Waals surface area contributed by atoms with Gasteiger partial charge in [0.25, 0.3) is 5.91 Å². The van der Waals surface area contributed by atoms with Crippen LogP contribution in [0.3, 0.4) is 0 Å². The maximum atomic E-state index is 12.3. The number of hydrogen-bond donors (Lipinski definition) is 1. The Hall–Kier alpha value is -2.33. The average molecular weight is 312 g/mol. The van der Waals surface area contributed by atoms with Crippen LogP contribution in [0.4, 0.5) is 0 Å². The lowest BCUT2D eigenvalue weighted by Gasteiger charge is -2.22. The number of nitrogens with zero attached hydrogens (tertiary/aromatic N) is 1. The fourth-order valence-electron chi connectivity index (χ4n) is 2.30. The van der Waals surface area contributed by atoms with Gasteiger partial charge in [0, 0.05) is 19.6 Å². The molecule has 0 aliphatic rings. The van der Waals surface area contributed by atoms with Gasteiger partial charge < -0.3 is 15.4 Å². The molecule has 0 fully saturated rings. The van der Waals surface area contributed by atoms with Gasteiger partial charge in [0.1, 0.15) is 5.75 Å². The van der Waals surface area contributed by atoms with Gasteiger partial charge in [-0.25, -0.2) is 0 Å². The highest BCUT2D eigenvalue weighted by atomic mass is 16.5. The van der Waals surface area contributed by atoms with Crippen LogP contribution in [0.2, 0.25) is 0 Å². The van der Waals surface area contributed by atoms with Crippen molar-refractivity contribution < 1.29 is 9.53 Å². The first kappa shape index (κ1) is 17.0. The molecule has 0 unspecified atom stereocenters. The zero-order valence-corrected chi connectivity index (χ0v) is 13.6. The molecule has 4 nitrogen and oxygen atoms in total. The summed E-state index contributed by atoms with van der Waals surface area (Å²) >= 11 is 0. The highest BCUT2D eigenvalue weighted by Crippen LogP contribution is 2.11. The monoisotopic (exact) mass is 312 g/mol. The highest BCUT2D eigenvalue weighted by molar-refractivity contribution is 5.77. The molecule has 0 heterocycles. The van der Waals surface area contributed by atoms with Gasteiger partial charge in [-0.3, -0.25) is 4.79 Å². The third-order valence-corrected chi connectivity index (χ3v) is 3.65. The second-order valence-electron chi connectivity index (χ2n) is 5.51. The number of carbonyl (C=O) groups excluding carboxylic acids is 1. The largest absolute Gasteiger partial charge is 0.484 e. The Morgan fingerprint density at radius 1 is 1.04 bits per heavy atom. The van der Waals surface area contributed by atoms with Crippen LogP contribution in [0, 0.1) is 6.92 Å². The zero-order valence-electron chi connectivity index (χ0n) is 13.6. The third kappa shape index (κ3) is 5.75. The Kier molecular flexibility index (Phi) is 6.63. The van der Waals surface area contributed by atoms with Crippen LogP contribution < -0.4 is 10.5 Å². The average Bonchev–Trinajstić information content (AvgIpc) is 2.58. The molecular weight excluding hydrogens is 288 g/mol.